The average Bonchev–Trinajstić information content (AvgIpc) is 3.31. The molecule has 1 aromatic heterocycles. The molecule has 3 aromatic carbocycles. The number of rotatable bonds is 7. The molecule has 1 atom stereocenters. The molecule has 186 valence electrons. The predicted molar refractivity (Wildman–Crippen MR) is 162 cm³/mol. The van der Waals surface area contributed by atoms with Gasteiger partial charge in [-0.3, -0.25) is 0 Å². The molecule has 0 spiro atoms. The molecule has 0 saturated heterocycles. The number of aromatic amines is 1. The third-order valence-corrected chi connectivity index (χ3v) is 6.49. The minimum absolute atomic E-state index is 0.550. The number of nitrogens with two attached hydrogens (primary N) is 1. The van der Waals surface area contributed by atoms with Gasteiger partial charge in [-0.1, -0.05) is 81.1 Å². The molecule has 0 saturated carbocycles. The second-order valence-corrected chi connectivity index (χ2v) is 9.43. The molecule has 4 heteroatoms. The Bertz CT molecular complexity index is 1490. The molecule has 0 aliphatic carbocycles. The van der Waals surface area contributed by atoms with Gasteiger partial charge in [-0.2, -0.15) is 0 Å². The van der Waals surface area contributed by atoms with E-state index < -0.39 is 0 Å². The fourth-order valence-electron chi connectivity index (χ4n) is 4.17. The van der Waals surface area contributed by atoms with Crippen LogP contribution in [0.4, 0.5) is 0 Å². The molecule has 0 aliphatic rings. The van der Waals surface area contributed by atoms with Crippen molar-refractivity contribution in [3.8, 4) is 0 Å². The van der Waals surface area contributed by atoms with Crippen LogP contribution in [0.1, 0.15) is 43.0 Å². The maximum Gasteiger partial charge on any atom is 0.0460 e. The number of aryl methyl sites for hydroxylation is 1. The lowest BCUT2D eigenvalue weighted by molar-refractivity contribution is 0.840. The summed E-state index contributed by atoms with van der Waals surface area (Å²) in [6.07, 6.45) is 4.29. The summed E-state index contributed by atoms with van der Waals surface area (Å²) in [5.41, 5.74) is 14.6. The van der Waals surface area contributed by atoms with Gasteiger partial charge in [-0.15, -0.1) is 9.24 Å². The summed E-state index contributed by atoms with van der Waals surface area (Å²) in [5, 5.41) is 7.96. The number of fused-ring (bicyclic) bond motifs is 1. The standard InChI is InChI=1S/C30H32N3P.C2H6/c1-19-5-11-26(20(2)13-19)27(22(4)32-17-24-8-6-23(16-31)7-9-24)14-21(3)29-18-33-30-12-10-25(34)15-28(29)30;1-2/h5-15,18,32-33H,2,4,16-17,31,34H2,1,3H3;1-2H3/b21-14+,27-26+;. The molecule has 0 fully saturated rings. The van der Waals surface area contributed by atoms with E-state index in [1.165, 1.54) is 22.1 Å². The van der Waals surface area contributed by atoms with Crippen molar-refractivity contribution in [2.24, 2.45) is 5.73 Å². The summed E-state index contributed by atoms with van der Waals surface area (Å²) >= 11 is 0. The van der Waals surface area contributed by atoms with Gasteiger partial charge < -0.3 is 16.0 Å². The van der Waals surface area contributed by atoms with Crippen LogP contribution in [0.25, 0.3) is 28.6 Å². The first-order valence-electron chi connectivity index (χ1n) is 12.4. The fraction of sp³-hybridized carbons (Fsp3) is 0.188. The number of allylic oxidation sites excluding steroid dienone is 2. The van der Waals surface area contributed by atoms with Gasteiger partial charge in [-0.05, 0) is 64.5 Å². The molecule has 0 bridgehead atoms. The molecular weight excluding hydrogens is 457 g/mol. The molecule has 4 rings (SSSR count). The van der Waals surface area contributed by atoms with Crippen molar-refractivity contribution < 1.29 is 0 Å². The molecule has 36 heavy (non-hydrogen) atoms. The minimum Gasteiger partial charge on any atom is -0.381 e. The van der Waals surface area contributed by atoms with Crippen LogP contribution in [0.5, 0.6) is 0 Å². The Labute approximate surface area is 217 Å². The van der Waals surface area contributed by atoms with Crippen LogP contribution in [-0.2, 0) is 13.1 Å². The zero-order valence-corrected chi connectivity index (χ0v) is 23.1. The van der Waals surface area contributed by atoms with E-state index in [9.17, 15) is 0 Å². The molecule has 4 N–H and O–H groups in total. The van der Waals surface area contributed by atoms with Gasteiger partial charge in [0.2, 0.25) is 0 Å². The lowest BCUT2D eigenvalue weighted by atomic mass is 9.99. The molecule has 0 aliphatic heterocycles. The second kappa shape index (κ2) is 12.5. The van der Waals surface area contributed by atoms with Crippen molar-refractivity contribution in [3.63, 3.8) is 0 Å². The molecule has 4 aromatic rings. The zero-order chi connectivity index (χ0) is 26.2. The average molecular weight is 496 g/mol. The molecule has 1 heterocycles. The highest BCUT2D eigenvalue weighted by atomic mass is 31.0. The Morgan fingerprint density at radius 2 is 1.72 bits per heavy atom. The van der Waals surface area contributed by atoms with Gasteiger partial charge in [0.1, 0.15) is 0 Å². The number of hydrogen-bond acceptors (Lipinski definition) is 2. The SMILES string of the molecule is C=C(NCc1ccc(CN)cc1)C(/C=C(\C)c1c[nH]c2ccc(P)cc12)=c1\ccc(C)cc1=C.CC. The Kier molecular flexibility index (Phi) is 9.47. The minimum atomic E-state index is 0.550. The van der Waals surface area contributed by atoms with Gasteiger partial charge in [0.25, 0.3) is 0 Å². The molecule has 3 nitrogen and oxygen atoms in total. The highest BCUT2D eigenvalue weighted by Crippen LogP contribution is 2.26. The van der Waals surface area contributed by atoms with Crippen LogP contribution in [0.15, 0.2) is 85.2 Å². The van der Waals surface area contributed by atoms with E-state index in [1.807, 2.05) is 13.8 Å². The van der Waals surface area contributed by atoms with Crippen LogP contribution < -0.4 is 26.8 Å². The quantitative estimate of drug-likeness (QED) is 0.300. The van der Waals surface area contributed by atoms with Crippen molar-refractivity contribution >= 4 is 43.2 Å². The zero-order valence-electron chi connectivity index (χ0n) is 21.9. The van der Waals surface area contributed by atoms with Gasteiger partial charge in [0.15, 0.2) is 0 Å². The van der Waals surface area contributed by atoms with Crippen molar-refractivity contribution in [2.75, 3.05) is 0 Å². The Balaban J connectivity index is 0.00000176. The van der Waals surface area contributed by atoms with Crippen LogP contribution in [-0.4, -0.2) is 4.98 Å². The monoisotopic (exact) mass is 495 g/mol. The van der Waals surface area contributed by atoms with Crippen LogP contribution >= 0.6 is 9.24 Å². The van der Waals surface area contributed by atoms with Crippen LogP contribution in [0, 0.1) is 6.92 Å². The lowest BCUT2D eigenvalue weighted by Crippen LogP contribution is -2.28. The molecule has 0 radical (unpaired) electrons. The number of H-pyrrole nitrogens is 1. The highest BCUT2D eigenvalue weighted by molar-refractivity contribution is 7.27. The van der Waals surface area contributed by atoms with Gasteiger partial charge in [-0.25, -0.2) is 0 Å². The highest BCUT2D eigenvalue weighted by Gasteiger charge is 2.09. The smallest absolute Gasteiger partial charge is 0.0460 e. The van der Waals surface area contributed by atoms with Gasteiger partial charge in [0.05, 0.1) is 0 Å². The van der Waals surface area contributed by atoms with E-state index in [-0.39, 0.29) is 0 Å². The predicted octanol–water partition coefficient (Wildman–Crippen LogP) is 5.43. The normalized spacial score (nSPS) is 12.1. The van der Waals surface area contributed by atoms with Crippen LogP contribution in [0.2, 0.25) is 0 Å². The first-order valence-corrected chi connectivity index (χ1v) is 13.0. The van der Waals surface area contributed by atoms with E-state index in [2.05, 4.69) is 119 Å². The molecule has 0 amide bonds. The summed E-state index contributed by atoms with van der Waals surface area (Å²) in [6.45, 7) is 18.2. The molecule has 1 unspecified atom stereocenters. The van der Waals surface area contributed by atoms with E-state index in [0.29, 0.717) is 13.1 Å². The summed E-state index contributed by atoms with van der Waals surface area (Å²) in [5.74, 6) is 0. The Morgan fingerprint density at radius 3 is 2.39 bits per heavy atom. The van der Waals surface area contributed by atoms with E-state index >= 15 is 0 Å². The first kappa shape index (κ1) is 27.2. The maximum absolute atomic E-state index is 5.73. The number of benzene rings is 3. The number of nitrogens with one attached hydrogen (secondary N) is 2. The van der Waals surface area contributed by atoms with Crippen LogP contribution in [0.3, 0.4) is 0 Å². The number of hydrogen-bond donors (Lipinski definition) is 3. The number of aromatic nitrogens is 1. The summed E-state index contributed by atoms with van der Waals surface area (Å²) in [4.78, 5) is 3.39. The summed E-state index contributed by atoms with van der Waals surface area (Å²) in [7, 11) is 2.78. The maximum atomic E-state index is 5.73. The van der Waals surface area contributed by atoms with E-state index in [0.717, 1.165) is 43.7 Å². The Hall–Kier alpha value is -3.39. The lowest BCUT2D eigenvalue weighted by Gasteiger charge is -2.13. The van der Waals surface area contributed by atoms with Crippen molar-refractivity contribution in [3.05, 3.63) is 118 Å². The van der Waals surface area contributed by atoms with E-state index in [1.54, 1.807) is 0 Å². The molecular formula is C32H38N3P. The summed E-state index contributed by atoms with van der Waals surface area (Å²) in [6, 6.07) is 21.1. The largest absolute Gasteiger partial charge is 0.381 e. The Morgan fingerprint density at radius 1 is 1.03 bits per heavy atom. The topological polar surface area (TPSA) is 53.8 Å². The second-order valence-electron chi connectivity index (χ2n) is 8.76. The third-order valence-electron chi connectivity index (χ3n) is 6.13. The van der Waals surface area contributed by atoms with Crippen molar-refractivity contribution in [1.82, 2.24) is 10.3 Å². The van der Waals surface area contributed by atoms with Crippen molar-refractivity contribution in [1.29, 1.82) is 0 Å². The van der Waals surface area contributed by atoms with Crippen molar-refractivity contribution in [2.45, 2.75) is 40.8 Å². The van der Waals surface area contributed by atoms with Gasteiger partial charge in [0, 0.05) is 47.0 Å². The third kappa shape index (κ3) is 6.43. The summed E-state index contributed by atoms with van der Waals surface area (Å²) < 4.78 is 0. The fourth-order valence-corrected chi connectivity index (χ4v) is 4.43. The first-order chi connectivity index (χ1) is 17.4. The van der Waals surface area contributed by atoms with E-state index in [4.69, 9.17) is 5.73 Å². The van der Waals surface area contributed by atoms with Gasteiger partial charge >= 0.3 is 0 Å².